The lowest BCUT2D eigenvalue weighted by molar-refractivity contribution is 0.0748. The van der Waals surface area contributed by atoms with Gasteiger partial charge in [0.25, 0.3) is 5.91 Å². The largest absolute Gasteiger partial charge is 0.497 e. The number of methoxy groups -OCH3 is 1. The number of benzene rings is 3. The van der Waals surface area contributed by atoms with Gasteiger partial charge in [-0.25, -0.2) is 4.98 Å². The highest BCUT2D eigenvalue weighted by molar-refractivity contribution is 6.07. The Balaban J connectivity index is 1.44. The van der Waals surface area contributed by atoms with Crippen molar-refractivity contribution in [3.05, 3.63) is 90.0 Å². The first-order chi connectivity index (χ1) is 16.1. The molecule has 166 valence electrons. The van der Waals surface area contributed by atoms with Crippen LogP contribution in [0.2, 0.25) is 0 Å². The smallest absolute Gasteiger partial charge is 0.254 e. The van der Waals surface area contributed by atoms with E-state index in [0.717, 1.165) is 41.0 Å². The highest BCUT2D eigenvalue weighted by Crippen LogP contribution is 2.28. The fourth-order valence-electron chi connectivity index (χ4n) is 4.50. The molecule has 0 bridgehead atoms. The molecule has 4 aromatic rings. The van der Waals surface area contributed by atoms with E-state index in [2.05, 4.69) is 36.1 Å². The molecule has 1 aromatic heterocycles. The van der Waals surface area contributed by atoms with Crippen LogP contribution in [-0.4, -0.2) is 49.1 Å². The highest BCUT2D eigenvalue weighted by Gasteiger charge is 2.25. The number of anilines is 1. The molecular weight excluding hydrogens is 410 g/mol. The number of carbonyl (C=O) groups excluding carboxylic acids is 1. The Bertz CT molecular complexity index is 1290. The number of aryl methyl sites for hydroxylation is 1. The van der Waals surface area contributed by atoms with Gasteiger partial charge in [0.2, 0.25) is 0 Å². The number of rotatable bonds is 4. The standard InChI is InChI=1S/C28H27N3O2/c1-20-7-3-6-10-27(20)30-15-17-31(18-16-30)28(32)24-19-26(21-11-13-22(33-2)14-12-21)29-25-9-5-4-8-23(24)25/h3-14,19H,15-18H2,1-2H3. The van der Waals surface area contributed by atoms with Crippen LogP contribution in [0.25, 0.3) is 22.2 Å². The number of carbonyl (C=O) groups is 1. The van der Waals surface area contributed by atoms with Gasteiger partial charge < -0.3 is 14.5 Å². The van der Waals surface area contributed by atoms with Gasteiger partial charge in [0, 0.05) is 42.8 Å². The SMILES string of the molecule is COc1ccc(-c2cc(C(=O)N3CCN(c4ccccc4C)CC3)c3ccccc3n2)cc1. The minimum Gasteiger partial charge on any atom is -0.497 e. The number of para-hydroxylation sites is 2. The van der Waals surface area contributed by atoms with E-state index in [0.29, 0.717) is 18.7 Å². The van der Waals surface area contributed by atoms with E-state index in [1.165, 1.54) is 11.3 Å². The number of fused-ring (bicyclic) bond motifs is 1. The fourth-order valence-corrected chi connectivity index (χ4v) is 4.50. The fraction of sp³-hybridized carbons (Fsp3) is 0.214. The first-order valence-electron chi connectivity index (χ1n) is 11.3. The molecule has 0 N–H and O–H groups in total. The van der Waals surface area contributed by atoms with Crippen LogP contribution in [0.1, 0.15) is 15.9 Å². The predicted molar refractivity (Wildman–Crippen MR) is 133 cm³/mol. The van der Waals surface area contributed by atoms with Crippen LogP contribution in [0, 0.1) is 6.92 Å². The Labute approximate surface area is 194 Å². The van der Waals surface area contributed by atoms with Gasteiger partial charge in [-0.2, -0.15) is 0 Å². The first-order valence-corrected chi connectivity index (χ1v) is 11.3. The van der Waals surface area contributed by atoms with Crippen molar-refractivity contribution in [1.29, 1.82) is 0 Å². The predicted octanol–water partition coefficient (Wildman–Crippen LogP) is 5.18. The van der Waals surface area contributed by atoms with E-state index in [4.69, 9.17) is 9.72 Å². The number of ether oxygens (including phenoxy) is 1. The molecule has 0 spiro atoms. The third kappa shape index (κ3) is 4.14. The maximum atomic E-state index is 13.7. The van der Waals surface area contributed by atoms with E-state index in [-0.39, 0.29) is 5.91 Å². The molecular formula is C28H27N3O2. The van der Waals surface area contributed by atoms with Gasteiger partial charge in [-0.15, -0.1) is 0 Å². The molecule has 5 nitrogen and oxygen atoms in total. The van der Waals surface area contributed by atoms with Crippen molar-refractivity contribution in [2.45, 2.75) is 6.92 Å². The second-order valence-electron chi connectivity index (χ2n) is 8.37. The summed E-state index contributed by atoms with van der Waals surface area (Å²) in [6, 6.07) is 26.0. The van der Waals surface area contributed by atoms with Crippen molar-refractivity contribution in [1.82, 2.24) is 9.88 Å². The molecule has 5 heteroatoms. The van der Waals surface area contributed by atoms with E-state index in [1.807, 2.05) is 59.5 Å². The second-order valence-corrected chi connectivity index (χ2v) is 8.37. The van der Waals surface area contributed by atoms with Gasteiger partial charge in [-0.05, 0) is 55.0 Å². The number of nitrogens with zero attached hydrogens (tertiary/aromatic N) is 3. The Hall–Kier alpha value is -3.86. The van der Waals surface area contributed by atoms with Crippen molar-refractivity contribution >= 4 is 22.5 Å². The first kappa shape index (κ1) is 21.0. The molecule has 1 fully saturated rings. The second kappa shape index (κ2) is 8.94. The summed E-state index contributed by atoms with van der Waals surface area (Å²) in [6.07, 6.45) is 0. The van der Waals surface area contributed by atoms with E-state index < -0.39 is 0 Å². The lowest BCUT2D eigenvalue weighted by atomic mass is 10.0. The zero-order valence-electron chi connectivity index (χ0n) is 19.0. The molecule has 1 aliphatic heterocycles. The average Bonchev–Trinajstić information content (AvgIpc) is 2.88. The maximum absolute atomic E-state index is 13.7. The van der Waals surface area contributed by atoms with Crippen molar-refractivity contribution in [2.24, 2.45) is 0 Å². The molecule has 5 rings (SSSR count). The van der Waals surface area contributed by atoms with Crippen LogP contribution < -0.4 is 9.64 Å². The minimum atomic E-state index is 0.0628. The van der Waals surface area contributed by atoms with Crippen molar-refractivity contribution < 1.29 is 9.53 Å². The molecule has 2 heterocycles. The van der Waals surface area contributed by atoms with Crippen molar-refractivity contribution in [2.75, 3.05) is 38.2 Å². The molecule has 1 saturated heterocycles. The van der Waals surface area contributed by atoms with Gasteiger partial charge in [0.15, 0.2) is 0 Å². The van der Waals surface area contributed by atoms with Gasteiger partial charge in [-0.3, -0.25) is 4.79 Å². The van der Waals surface area contributed by atoms with Crippen LogP contribution in [0.4, 0.5) is 5.69 Å². The Kier molecular flexibility index (Phi) is 5.69. The zero-order chi connectivity index (χ0) is 22.8. The summed E-state index contributed by atoms with van der Waals surface area (Å²) in [5.41, 5.74) is 5.80. The average molecular weight is 438 g/mol. The third-order valence-electron chi connectivity index (χ3n) is 6.36. The summed E-state index contributed by atoms with van der Waals surface area (Å²) in [5.74, 6) is 0.857. The molecule has 33 heavy (non-hydrogen) atoms. The Morgan fingerprint density at radius 3 is 2.30 bits per heavy atom. The third-order valence-corrected chi connectivity index (χ3v) is 6.36. The summed E-state index contributed by atoms with van der Waals surface area (Å²) in [7, 11) is 1.65. The molecule has 1 amide bonds. The Morgan fingerprint density at radius 2 is 1.58 bits per heavy atom. The normalized spacial score (nSPS) is 13.9. The van der Waals surface area contributed by atoms with Crippen molar-refractivity contribution in [3.8, 4) is 17.0 Å². The number of hydrogen-bond donors (Lipinski definition) is 0. The summed E-state index contributed by atoms with van der Waals surface area (Å²) in [5, 5.41) is 0.890. The van der Waals surface area contributed by atoms with Gasteiger partial charge >= 0.3 is 0 Å². The molecule has 0 unspecified atom stereocenters. The highest BCUT2D eigenvalue weighted by atomic mass is 16.5. The van der Waals surface area contributed by atoms with Crippen LogP contribution in [0.3, 0.4) is 0 Å². The number of aromatic nitrogens is 1. The monoisotopic (exact) mass is 437 g/mol. The van der Waals surface area contributed by atoms with Crippen LogP contribution in [-0.2, 0) is 0 Å². The summed E-state index contributed by atoms with van der Waals surface area (Å²) >= 11 is 0. The van der Waals surface area contributed by atoms with Gasteiger partial charge in [0.05, 0.1) is 23.9 Å². The zero-order valence-corrected chi connectivity index (χ0v) is 19.0. The topological polar surface area (TPSA) is 45.7 Å². The number of pyridine rings is 1. The minimum absolute atomic E-state index is 0.0628. The number of hydrogen-bond acceptors (Lipinski definition) is 4. The molecule has 0 radical (unpaired) electrons. The summed E-state index contributed by atoms with van der Waals surface area (Å²) in [6.45, 7) is 5.18. The maximum Gasteiger partial charge on any atom is 0.254 e. The molecule has 0 saturated carbocycles. The molecule has 1 aliphatic rings. The van der Waals surface area contributed by atoms with Gasteiger partial charge in [0.1, 0.15) is 5.75 Å². The lowest BCUT2D eigenvalue weighted by Gasteiger charge is -2.37. The molecule has 0 atom stereocenters. The van der Waals surface area contributed by atoms with Crippen LogP contribution in [0.5, 0.6) is 5.75 Å². The molecule has 0 aliphatic carbocycles. The van der Waals surface area contributed by atoms with Crippen LogP contribution in [0.15, 0.2) is 78.9 Å². The summed E-state index contributed by atoms with van der Waals surface area (Å²) in [4.78, 5) is 22.8. The van der Waals surface area contributed by atoms with E-state index in [9.17, 15) is 4.79 Å². The molecule has 3 aromatic carbocycles. The van der Waals surface area contributed by atoms with Crippen molar-refractivity contribution in [3.63, 3.8) is 0 Å². The Morgan fingerprint density at radius 1 is 0.879 bits per heavy atom. The van der Waals surface area contributed by atoms with E-state index >= 15 is 0 Å². The van der Waals surface area contributed by atoms with Crippen LogP contribution >= 0.6 is 0 Å². The lowest BCUT2D eigenvalue weighted by Crippen LogP contribution is -2.49. The number of amides is 1. The van der Waals surface area contributed by atoms with E-state index in [1.54, 1.807) is 7.11 Å². The quantitative estimate of drug-likeness (QED) is 0.441. The number of piperazine rings is 1. The summed E-state index contributed by atoms with van der Waals surface area (Å²) < 4.78 is 5.28. The van der Waals surface area contributed by atoms with Gasteiger partial charge in [-0.1, -0.05) is 36.4 Å².